The van der Waals surface area contributed by atoms with Crippen molar-refractivity contribution >= 4 is 17.5 Å². The molecule has 1 N–H and O–H groups in total. The minimum absolute atomic E-state index is 0.189. The fraction of sp³-hybridized carbons (Fsp3) is 0.333. The number of nitrogens with zero attached hydrogens (tertiary/aromatic N) is 4. The summed E-state index contributed by atoms with van der Waals surface area (Å²) in [6.07, 6.45) is 10.2. The first-order valence-corrected chi connectivity index (χ1v) is 10.0. The van der Waals surface area contributed by atoms with Gasteiger partial charge in [0.25, 0.3) is 5.91 Å². The summed E-state index contributed by atoms with van der Waals surface area (Å²) in [5.74, 6) is -0.189. The van der Waals surface area contributed by atoms with Crippen molar-refractivity contribution in [2.45, 2.75) is 44.6 Å². The van der Waals surface area contributed by atoms with E-state index >= 15 is 0 Å². The van der Waals surface area contributed by atoms with Crippen LogP contribution in [0.2, 0.25) is 5.02 Å². The van der Waals surface area contributed by atoms with E-state index in [0.717, 1.165) is 36.9 Å². The molecule has 0 aliphatic heterocycles. The average molecular weight is 396 g/mol. The number of hydrogen-bond donors (Lipinski definition) is 1. The molecule has 0 bridgehead atoms. The Morgan fingerprint density at radius 3 is 2.50 bits per heavy atom. The van der Waals surface area contributed by atoms with Crippen molar-refractivity contribution in [3.05, 3.63) is 59.5 Å². The number of carbonyl (C=O) groups excluding carboxylic acids is 1. The molecule has 7 heteroatoms. The Balaban J connectivity index is 1.70. The lowest BCUT2D eigenvalue weighted by Gasteiger charge is -2.16. The zero-order valence-electron chi connectivity index (χ0n) is 15.5. The summed E-state index contributed by atoms with van der Waals surface area (Å²) in [5, 5.41) is 12.3. The zero-order chi connectivity index (χ0) is 19.3. The van der Waals surface area contributed by atoms with Crippen LogP contribution < -0.4 is 5.32 Å². The molecule has 1 saturated carbocycles. The van der Waals surface area contributed by atoms with Crippen LogP contribution >= 0.6 is 11.6 Å². The van der Waals surface area contributed by atoms with Crippen LogP contribution in [0, 0.1) is 0 Å². The van der Waals surface area contributed by atoms with Gasteiger partial charge in [-0.05, 0) is 49.2 Å². The van der Waals surface area contributed by atoms with E-state index in [1.54, 1.807) is 29.2 Å². The summed E-state index contributed by atoms with van der Waals surface area (Å²) in [6, 6.07) is 11.2. The SMILES string of the molecule is O=C(NC1CCCCCC1)c1nnn(-c2ccc(Cl)cc2)c1-c1cccnc1. The quantitative estimate of drug-likeness (QED) is 0.663. The lowest BCUT2D eigenvalue weighted by Crippen LogP contribution is -2.35. The number of hydrogen-bond acceptors (Lipinski definition) is 4. The van der Waals surface area contributed by atoms with Crippen LogP contribution in [0.4, 0.5) is 0 Å². The van der Waals surface area contributed by atoms with E-state index in [0.29, 0.717) is 16.4 Å². The topological polar surface area (TPSA) is 72.7 Å². The molecule has 6 nitrogen and oxygen atoms in total. The second-order valence-electron chi connectivity index (χ2n) is 7.08. The molecule has 4 rings (SSSR count). The van der Waals surface area contributed by atoms with Gasteiger partial charge in [0.1, 0.15) is 5.69 Å². The van der Waals surface area contributed by atoms with Crippen LogP contribution in [0.5, 0.6) is 0 Å². The average Bonchev–Trinajstić information content (AvgIpc) is 3.01. The van der Waals surface area contributed by atoms with E-state index in [-0.39, 0.29) is 11.9 Å². The number of nitrogens with one attached hydrogen (secondary N) is 1. The Morgan fingerprint density at radius 2 is 1.82 bits per heavy atom. The van der Waals surface area contributed by atoms with Gasteiger partial charge < -0.3 is 5.32 Å². The van der Waals surface area contributed by atoms with Gasteiger partial charge in [0, 0.05) is 29.0 Å². The number of carbonyl (C=O) groups is 1. The van der Waals surface area contributed by atoms with Crippen LogP contribution in [0.1, 0.15) is 49.0 Å². The van der Waals surface area contributed by atoms with Gasteiger partial charge in [0.2, 0.25) is 0 Å². The summed E-state index contributed by atoms with van der Waals surface area (Å²) >= 11 is 6.01. The second kappa shape index (κ2) is 8.52. The smallest absolute Gasteiger partial charge is 0.274 e. The molecule has 144 valence electrons. The molecule has 28 heavy (non-hydrogen) atoms. The van der Waals surface area contributed by atoms with Crippen LogP contribution in [0.15, 0.2) is 48.8 Å². The van der Waals surface area contributed by atoms with Gasteiger partial charge in [-0.3, -0.25) is 9.78 Å². The number of halogens is 1. The highest BCUT2D eigenvalue weighted by Crippen LogP contribution is 2.26. The highest BCUT2D eigenvalue weighted by molar-refractivity contribution is 6.30. The Bertz CT molecular complexity index is 931. The predicted molar refractivity (Wildman–Crippen MR) is 109 cm³/mol. The van der Waals surface area contributed by atoms with Crippen LogP contribution in [-0.2, 0) is 0 Å². The lowest BCUT2D eigenvalue weighted by molar-refractivity contribution is 0.0929. The Labute approximate surface area is 168 Å². The molecule has 1 amide bonds. The van der Waals surface area contributed by atoms with Gasteiger partial charge in [-0.1, -0.05) is 42.5 Å². The molecule has 0 saturated heterocycles. The van der Waals surface area contributed by atoms with E-state index in [1.807, 2.05) is 24.3 Å². The molecular weight excluding hydrogens is 374 g/mol. The zero-order valence-corrected chi connectivity index (χ0v) is 16.3. The maximum Gasteiger partial charge on any atom is 0.274 e. The van der Waals surface area contributed by atoms with Crippen molar-refractivity contribution < 1.29 is 4.79 Å². The third-order valence-electron chi connectivity index (χ3n) is 5.08. The third-order valence-corrected chi connectivity index (χ3v) is 5.33. The molecule has 0 spiro atoms. The second-order valence-corrected chi connectivity index (χ2v) is 7.51. The van der Waals surface area contributed by atoms with Gasteiger partial charge in [-0.2, -0.15) is 0 Å². The molecule has 1 fully saturated rings. The van der Waals surface area contributed by atoms with Crippen LogP contribution in [0.3, 0.4) is 0 Å². The molecule has 2 heterocycles. The molecule has 0 radical (unpaired) electrons. The van der Waals surface area contributed by atoms with Crippen molar-refractivity contribution in [2.24, 2.45) is 0 Å². The first-order chi connectivity index (χ1) is 13.7. The summed E-state index contributed by atoms with van der Waals surface area (Å²) in [4.78, 5) is 17.2. The van der Waals surface area contributed by atoms with E-state index in [9.17, 15) is 4.79 Å². The van der Waals surface area contributed by atoms with Gasteiger partial charge >= 0.3 is 0 Å². The van der Waals surface area contributed by atoms with E-state index in [2.05, 4.69) is 20.6 Å². The van der Waals surface area contributed by atoms with Crippen molar-refractivity contribution in [2.75, 3.05) is 0 Å². The van der Waals surface area contributed by atoms with E-state index in [4.69, 9.17) is 11.6 Å². The van der Waals surface area contributed by atoms with Crippen molar-refractivity contribution in [3.8, 4) is 16.9 Å². The number of rotatable bonds is 4. The molecule has 3 aromatic rings. The first kappa shape index (κ1) is 18.6. The maximum atomic E-state index is 13.0. The fourth-order valence-electron chi connectivity index (χ4n) is 3.64. The number of aromatic nitrogens is 4. The molecule has 1 aliphatic carbocycles. The van der Waals surface area contributed by atoms with Crippen LogP contribution in [-0.4, -0.2) is 31.9 Å². The molecule has 0 unspecified atom stereocenters. The molecule has 1 aromatic carbocycles. The maximum absolute atomic E-state index is 13.0. The first-order valence-electron chi connectivity index (χ1n) is 9.65. The van der Waals surface area contributed by atoms with Gasteiger partial charge in [0.15, 0.2) is 5.69 Å². The minimum atomic E-state index is -0.189. The summed E-state index contributed by atoms with van der Waals surface area (Å²) in [5.41, 5.74) is 2.51. The highest BCUT2D eigenvalue weighted by atomic mass is 35.5. The molecule has 2 aromatic heterocycles. The van der Waals surface area contributed by atoms with Crippen molar-refractivity contribution in [1.82, 2.24) is 25.3 Å². The van der Waals surface area contributed by atoms with Gasteiger partial charge in [-0.25, -0.2) is 4.68 Å². The van der Waals surface area contributed by atoms with Crippen molar-refractivity contribution in [1.29, 1.82) is 0 Å². The number of benzene rings is 1. The Morgan fingerprint density at radius 1 is 1.07 bits per heavy atom. The van der Waals surface area contributed by atoms with Crippen molar-refractivity contribution in [3.63, 3.8) is 0 Å². The lowest BCUT2D eigenvalue weighted by atomic mass is 10.1. The third kappa shape index (κ3) is 4.07. The highest BCUT2D eigenvalue weighted by Gasteiger charge is 2.24. The standard InChI is InChI=1S/C21H22ClN5O/c22-16-9-11-18(12-10-16)27-20(15-6-5-13-23-14-15)19(25-26-27)21(28)24-17-7-3-1-2-4-8-17/h5-6,9-14,17H,1-4,7-8H2,(H,24,28). The van der Waals surface area contributed by atoms with Gasteiger partial charge in [0.05, 0.1) is 5.69 Å². The largest absolute Gasteiger partial charge is 0.348 e. The number of amides is 1. The Kier molecular flexibility index (Phi) is 5.67. The summed E-state index contributed by atoms with van der Waals surface area (Å²) in [7, 11) is 0. The monoisotopic (exact) mass is 395 g/mol. The number of pyridine rings is 1. The molecule has 1 aliphatic rings. The minimum Gasteiger partial charge on any atom is -0.348 e. The predicted octanol–water partition coefficient (Wildman–Crippen LogP) is 4.44. The fourth-order valence-corrected chi connectivity index (χ4v) is 3.76. The summed E-state index contributed by atoms with van der Waals surface area (Å²) in [6.45, 7) is 0. The Hall–Kier alpha value is -2.73. The molecule has 0 atom stereocenters. The van der Waals surface area contributed by atoms with Gasteiger partial charge in [-0.15, -0.1) is 5.10 Å². The van der Waals surface area contributed by atoms with E-state index < -0.39 is 0 Å². The molecular formula is C21H22ClN5O. The van der Waals surface area contributed by atoms with Crippen LogP contribution in [0.25, 0.3) is 16.9 Å². The normalized spacial score (nSPS) is 15.2. The summed E-state index contributed by atoms with van der Waals surface area (Å²) < 4.78 is 1.66. The van der Waals surface area contributed by atoms with E-state index in [1.165, 1.54) is 12.8 Å².